The van der Waals surface area contributed by atoms with Crippen LogP contribution in [-0.2, 0) is 35.2 Å². The number of carbonyl (C=O) groups excluding carboxylic acids is 6. The molecule has 0 aliphatic heterocycles. The second kappa shape index (κ2) is 22.4. The van der Waals surface area contributed by atoms with Crippen molar-refractivity contribution < 1.29 is 41.9 Å². The van der Waals surface area contributed by atoms with Crippen molar-refractivity contribution in [2.75, 3.05) is 26.7 Å². The van der Waals surface area contributed by atoms with Crippen LogP contribution < -0.4 is 37.6 Å². The highest BCUT2D eigenvalue weighted by atomic mass is 19.4. The van der Waals surface area contributed by atoms with E-state index in [-0.39, 0.29) is 50.5 Å². The van der Waals surface area contributed by atoms with E-state index in [2.05, 4.69) is 26.6 Å². The molecule has 0 fully saturated rings. The highest BCUT2D eigenvalue weighted by Gasteiger charge is 2.38. The van der Waals surface area contributed by atoms with Crippen LogP contribution in [0.4, 0.5) is 13.2 Å². The van der Waals surface area contributed by atoms with Gasteiger partial charge in [-0.25, -0.2) is 0 Å². The van der Waals surface area contributed by atoms with Crippen LogP contribution >= 0.6 is 0 Å². The molecule has 270 valence electrons. The number of likely N-dealkylation sites (N-methyl/N-ethyl adjacent to an activating group) is 1. The normalized spacial score (nSPS) is 13.1. The van der Waals surface area contributed by atoms with Crippen LogP contribution in [-0.4, -0.2) is 86.4 Å². The van der Waals surface area contributed by atoms with Crippen molar-refractivity contribution in [2.24, 2.45) is 11.7 Å². The van der Waals surface area contributed by atoms with Crippen LogP contribution in [0.5, 0.6) is 0 Å². The van der Waals surface area contributed by atoms with Gasteiger partial charge < -0.3 is 37.6 Å². The SMILES string of the molecule is CNC(=O)[C@H](Cc1ccccc1)NC(=O)[C@H](CCCCNC(=O)C(F)(F)F)NC(=O)CNC(=O)[C@H](CC(C)C)NC(=O)CCCCCN. The van der Waals surface area contributed by atoms with Crippen molar-refractivity contribution in [2.45, 2.75) is 95.9 Å². The Bertz CT molecular complexity index is 1180. The number of amides is 6. The molecule has 1 aromatic carbocycles. The molecule has 0 bridgehead atoms. The first-order valence-corrected chi connectivity index (χ1v) is 16.1. The van der Waals surface area contributed by atoms with Crippen molar-refractivity contribution in [1.29, 1.82) is 0 Å². The van der Waals surface area contributed by atoms with Gasteiger partial charge in [0.2, 0.25) is 29.5 Å². The first-order chi connectivity index (χ1) is 22.7. The van der Waals surface area contributed by atoms with Gasteiger partial charge in [-0.1, -0.05) is 50.6 Å². The van der Waals surface area contributed by atoms with Crippen molar-refractivity contribution in [1.82, 2.24) is 31.9 Å². The Morgan fingerprint density at radius 3 is 2.02 bits per heavy atom. The number of alkyl halides is 3. The summed E-state index contributed by atoms with van der Waals surface area (Å²) in [7, 11) is 1.40. The Balaban J connectivity index is 2.93. The second-order valence-corrected chi connectivity index (χ2v) is 11.8. The molecule has 1 aromatic rings. The minimum Gasteiger partial charge on any atom is -0.357 e. The fourth-order valence-electron chi connectivity index (χ4n) is 4.66. The molecular formula is C32H50F3N7O6. The predicted molar refractivity (Wildman–Crippen MR) is 173 cm³/mol. The molecule has 48 heavy (non-hydrogen) atoms. The maximum Gasteiger partial charge on any atom is 0.471 e. The van der Waals surface area contributed by atoms with Crippen LogP contribution in [0, 0.1) is 5.92 Å². The maximum atomic E-state index is 13.4. The third-order valence-electron chi connectivity index (χ3n) is 7.17. The number of halogens is 3. The van der Waals surface area contributed by atoms with Crippen molar-refractivity contribution in [3.63, 3.8) is 0 Å². The predicted octanol–water partition coefficient (Wildman–Crippen LogP) is 0.960. The summed E-state index contributed by atoms with van der Waals surface area (Å²) >= 11 is 0. The van der Waals surface area contributed by atoms with Crippen molar-refractivity contribution in [3.05, 3.63) is 35.9 Å². The number of nitrogens with two attached hydrogens (primary N) is 1. The number of hydrogen-bond donors (Lipinski definition) is 7. The van der Waals surface area contributed by atoms with E-state index in [1.807, 2.05) is 13.8 Å². The maximum absolute atomic E-state index is 13.4. The molecule has 0 saturated carbocycles. The lowest BCUT2D eigenvalue weighted by Gasteiger charge is -2.24. The number of nitrogens with one attached hydrogen (secondary N) is 6. The lowest BCUT2D eigenvalue weighted by atomic mass is 10.0. The average molecular weight is 686 g/mol. The Hall–Kier alpha value is -4.21. The summed E-state index contributed by atoms with van der Waals surface area (Å²) in [6, 6.07) is 5.76. The van der Waals surface area contributed by atoms with Gasteiger partial charge in [0, 0.05) is 26.4 Å². The van der Waals surface area contributed by atoms with Gasteiger partial charge in [0.15, 0.2) is 0 Å². The summed E-state index contributed by atoms with van der Waals surface area (Å²) in [5.41, 5.74) is 6.24. The van der Waals surface area contributed by atoms with Crippen LogP contribution in [0.3, 0.4) is 0 Å². The van der Waals surface area contributed by atoms with E-state index in [0.29, 0.717) is 19.4 Å². The van der Waals surface area contributed by atoms with Crippen molar-refractivity contribution >= 4 is 35.4 Å². The molecule has 0 aromatic heterocycles. The summed E-state index contributed by atoms with van der Waals surface area (Å²) in [6.45, 7) is 3.42. The van der Waals surface area contributed by atoms with E-state index in [0.717, 1.165) is 18.4 Å². The number of benzene rings is 1. The van der Waals surface area contributed by atoms with Crippen LogP contribution in [0.15, 0.2) is 30.3 Å². The van der Waals surface area contributed by atoms with Gasteiger partial charge in [-0.3, -0.25) is 28.8 Å². The molecule has 0 heterocycles. The summed E-state index contributed by atoms with van der Waals surface area (Å²) in [5, 5.41) is 14.6. The number of hydrogen-bond acceptors (Lipinski definition) is 7. The molecule has 0 saturated heterocycles. The van der Waals surface area contributed by atoms with Crippen LogP contribution in [0.25, 0.3) is 0 Å². The van der Waals surface area contributed by atoms with E-state index >= 15 is 0 Å². The fraction of sp³-hybridized carbons (Fsp3) is 0.625. The molecule has 1 rings (SSSR count). The lowest BCUT2D eigenvalue weighted by Crippen LogP contribution is -2.55. The van der Waals surface area contributed by atoms with Gasteiger partial charge in [-0.15, -0.1) is 0 Å². The zero-order valence-corrected chi connectivity index (χ0v) is 27.8. The minimum absolute atomic E-state index is 0.0462. The van der Waals surface area contributed by atoms with Gasteiger partial charge in [0.25, 0.3) is 0 Å². The Morgan fingerprint density at radius 2 is 1.42 bits per heavy atom. The highest BCUT2D eigenvalue weighted by molar-refractivity contribution is 5.94. The second-order valence-electron chi connectivity index (χ2n) is 11.8. The molecule has 16 heteroatoms. The van der Waals surface area contributed by atoms with E-state index < -0.39 is 60.4 Å². The first kappa shape index (κ1) is 41.8. The highest BCUT2D eigenvalue weighted by Crippen LogP contribution is 2.14. The molecule has 6 amide bonds. The van der Waals surface area contributed by atoms with Gasteiger partial charge in [0.1, 0.15) is 18.1 Å². The standard InChI is InChI=1S/C32H50F3N7O6/c1-21(2)18-24(41-26(43)15-8-5-10-16-36)29(46)39-20-27(44)40-23(14-9-11-17-38-31(48)32(33,34)35)30(47)42-25(28(45)37-3)19-22-12-6-4-7-13-22/h4,6-7,12-13,21,23-25H,5,8-11,14-20,36H2,1-3H3,(H,37,45)(H,38,48)(H,39,46)(H,40,44)(H,41,43)(H,42,47)/t23-,24-,25-/m0/s1. The molecule has 8 N–H and O–H groups in total. The van der Waals surface area contributed by atoms with E-state index in [1.54, 1.807) is 35.6 Å². The third kappa shape index (κ3) is 17.6. The molecule has 13 nitrogen and oxygen atoms in total. The summed E-state index contributed by atoms with van der Waals surface area (Å²) in [6.07, 6.45) is -2.03. The molecule has 0 aliphatic rings. The summed E-state index contributed by atoms with van der Waals surface area (Å²) in [4.78, 5) is 75.3. The molecule has 0 unspecified atom stereocenters. The lowest BCUT2D eigenvalue weighted by molar-refractivity contribution is -0.173. The number of unbranched alkanes of at least 4 members (excludes halogenated alkanes) is 3. The van der Waals surface area contributed by atoms with E-state index in [9.17, 15) is 41.9 Å². The van der Waals surface area contributed by atoms with Gasteiger partial charge >= 0.3 is 12.1 Å². The quantitative estimate of drug-likeness (QED) is 0.0882. The topological polar surface area (TPSA) is 201 Å². The Morgan fingerprint density at radius 1 is 0.750 bits per heavy atom. The molecular weight excluding hydrogens is 635 g/mol. The zero-order chi connectivity index (χ0) is 36.1. The molecule has 0 radical (unpaired) electrons. The van der Waals surface area contributed by atoms with Crippen LogP contribution in [0.1, 0.15) is 70.8 Å². The third-order valence-corrected chi connectivity index (χ3v) is 7.17. The van der Waals surface area contributed by atoms with Crippen molar-refractivity contribution in [3.8, 4) is 0 Å². The Kier molecular flexibility index (Phi) is 19.5. The monoisotopic (exact) mass is 685 g/mol. The molecule has 0 aliphatic carbocycles. The minimum atomic E-state index is -5.03. The summed E-state index contributed by atoms with van der Waals surface area (Å²) < 4.78 is 37.5. The number of carbonyl (C=O) groups is 6. The van der Waals surface area contributed by atoms with Gasteiger partial charge in [0.05, 0.1) is 6.54 Å². The van der Waals surface area contributed by atoms with Gasteiger partial charge in [-0.05, 0) is 56.6 Å². The molecule has 3 atom stereocenters. The Labute approximate surface area is 279 Å². The average Bonchev–Trinajstić information content (AvgIpc) is 3.03. The van der Waals surface area contributed by atoms with Crippen LogP contribution in [0.2, 0.25) is 0 Å². The summed E-state index contributed by atoms with van der Waals surface area (Å²) in [5.74, 6) is -4.89. The first-order valence-electron chi connectivity index (χ1n) is 16.1. The van der Waals surface area contributed by atoms with E-state index in [1.165, 1.54) is 7.05 Å². The largest absolute Gasteiger partial charge is 0.471 e. The number of rotatable bonds is 22. The smallest absolute Gasteiger partial charge is 0.357 e. The zero-order valence-electron chi connectivity index (χ0n) is 27.8. The molecule has 0 spiro atoms. The van der Waals surface area contributed by atoms with Gasteiger partial charge in [-0.2, -0.15) is 13.2 Å². The fourth-order valence-corrected chi connectivity index (χ4v) is 4.66. The van der Waals surface area contributed by atoms with E-state index in [4.69, 9.17) is 5.73 Å².